The number of imide groups is 1. The lowest BCUT2D eigenvalue weighted by atomic mass is 9.76. The van der Waals surface area contributed by atoms with Crippen LogP contribution < -0.4 is 0 Å². The molecule has 0 bridgehead atoms. The Hall–Kier alpha value is -0.860. The van der Waals surface area contributed by atoms with Crippen LogP contribution in [0.1, 0.15) is 53.9 Å². The molecule has 0 radical (unpaired) electrons. The molecule has 1 saturated heterocycles. The van der Waals surface area contributed by atoms with E-state index >= 15 is 0 Å². The number of likely N-dealkylation sites (tertiary alicyclic amines) is 1. The Kier molecular flexibility index (Phi) is 3.46. The first-order valence-corrected chi connectivity index (χ1v) is 5.94. The van der Waals surface area contributed by atoms with Gasteiger partial charge in [-0.25, -0.2) is 0 Å². The van der Waals surface area contributed by atoms with E-state index in [1.165, 1.54) is 4.90 Å². The molecule has 1 rings (SSSR count). The third-order valence-corrected chi connectivity index (χ3v) is 2.75. The van der Waals surface area contributed by atoms with Gasteiger partial charge in [-0.1, -0.05) is 34.6 Å². The van der Waals surface area contributed by atoms with Crippen molar-refractivity contribution in [2.24, 2.45) is 10.8 Å². The summed E-state index contributed by atoms with van der Waals surface area (Å²) in [4.78, 5) is 24.5. The largest absolute Gasteiger partial charge is 0.282 e. The van der Waals surface area contributed by atoms with E-state index in [2.05, 4.69) is 34.6 Å². The molecule has 0 aliphatic carbocycles. The summed E-state index contributed by atoms with van der Waals surface area (Å²) in [6.45, 7) is 11.4. The minimum atomic E-state index is -0.00742. The molecule has 0 aromatic heterocycles. The van der Waals surface area contributed by atoms with Crippen molar-refractivity contribution >= 4 is 11.8 Å². The van der Waals surface area contributed by atoms with Crippen LogP contribution in [0.3, 0.4) is 0 Å². The van der Waals surface area contributed by atoms with Crippen molar-refractivity contribution in [1.29, 1.82) is 0 Å². The van der Waals surface area contributed by atoms with E-state index in [9.17, 15) is 9.59 Å². The number of hydrogen-bond donors (Lipinski definition) is 0. The van der Waals surface area contributed by atoms with E-state index < -0.39 is 0 Å². The molecule has 92 valence electrons. The first kappa shape index (κ1) is 13.2. The summed E-state index contributed by atoms with van der Waals surface area (Å²) < 4.78 is 0. The monoisotopic (exact) mass is 225 g/mol. The normalized spacial score (nSPS) is 18.4. The van der Waals surface area contributed by atoms with Gasteiger partial charge in [-0.3, -0.25) is 14.5 Å². The van der Waals surface area contributed by atoms with E-state index in [1.54, 1.807) is 0 Å². The van der Waals surface area contributed by atoms with E-state index in [-0.39, 0.29) is 22.6 Å². The van der Waals surface area contributed by atoms with E-state index in [1.807, 2.05) is 0 Å². The van der Waals surface area contributed by atoms with E-state index in [0.29, 0.717) is 19.4 Å². The molecule has 1 aliphatic rings. The topological polar surface area (TPSA) is 37.4 Å². The van der Waals surface area contributed by atoms with Crippen LogP contribution in [0.5, 0.6) is 0 Å². The van der Waals surface area contributed by atoms with Crippen LogP contribution >= 0.6 is 0 Å². The summed E-state index contributed by atoms with van der Waals surface area (Å²) >= 11 is 0. The minimum Gasteiger partial charge on any atom is -0.282 e. The average molecular weight is 225 g/mol. The SMILES string of the molecule is CC(C)(C)CC(C)(C)CN1C(=O)CCC1=O. The van der Waals surface area contributed by atoms with Crippen molar-refractivity contribution in [3.05, 3.63) is 0 Å². The predicted molar refractivity (Wildman–Crippen MR) is 63.8 cm³/mol. The maximum Gasteiger partial charge on any atom is 0.229 e. The Balaban J connectivity index is 2.65. The number of amides is 2. The highest BCUT2D eigenvalue weighted by atomic mass is 16.2. The molecular formula is C13H23NO2. The number of hydrogen-bond acceptors (Lipinski definition) is 2. The lowest BCUT2D eigenvalue weighted by Gasteiger charge is -2.34. The van der Waals surface area contributed by atoms with Crippen LogP contribution in [0.15, 0.2) is 0 Å². The van der Waals surface area contributed by atoms with Crippen LogP contribution in [0, 0.1) is 10.8 Å². The zero-order chi connectivity index (χ0) is 12.6. The molecule has 3 nitrogen and oxygen atoms in total. The van der Waals surface area contributed by atoms with Crippen molar-refractivity contribution in [2.75, 3.05) is 6.54 Å². The van der Waals surface area contributed by atoms with Crippen molar-refractivity contribution in [3.8, 4) is 0 Å². The number of carbonyl (C=O) groups excluding carboxylic acids is 2. The van der Waals surface area contributed by atoms with Crippen molar-refractivity contribution in [3.63, 3.8) is 0 Å². The van der Waals surface area contributed by atoms with E-state index in [0.717, 1.165) is 6.42 Å². The zero-order valence-corrected chi connectivity index (χ0v) is 11.1. The third kappa shape index (κ3) is 3.62. The lowest BCUT2D eigenvalue weighted by molar-refractivity contribution is -0.140. The van der Waals surface area contributed by atoms with Gasteiger partial charge in [-0.05, 0) is 17.3 Å². The fourth-order valence-electron chi connectivity index (χ4n) is 2.72. The smallest absolute Gasteiger partial charge is 0.229 e. The van der Waals surface area contributed by atoms with Gasteiger partial charge in [0.25, 0.3) is 0 Å². The van der Waals surface area contributed by atoms with Gasteiger partial charge in [-0.15, -0.1) is 0 Å². The summed E-state index contributed by atoms with van der Waals surface area (Å²) in [6.07, 6.45) is 1.78. The van der Waals surface area contributed by atoms with Crippen LogP contribution in [-0.2, 0) is 9.59 Å². The van der Waals surface area contributed by atoms with Crippen LogP contribution in [0.2, 0.25) is 0 Å². The van der Waals surface area contributed by atoms with Crippen molar-refractivity contribution < 1.29 is 9.59 Å². The fraction of sp³-hybridized carbons (Fsp3) is 0.846. The second-order valence-electron chi connectivity index (χ2n) is 6.78. The molecular weight excluding hydrogens is 202 g/mol. The van der Waals surface area contributed by atoms with Gasteiger partial charge < -0.3 is 0 Å². The highest BCUT2D eigenvalue weighted by molar-refractivity contribution is 6.01. The Labute approximate surface area is 98.2 Å². The van der Waals surface area contributed by atoms with Gasteiger partial charge in [0.15, 0.2) is 0 Å². The minimum absolute atomic E-state index is 0.00604. The molecule has 0 unspecified atom stereocenters. The Morgan fingerprint density at radius 2 is 1.44 bits per heavy atom. The quantitative estimate of drug-likeness (QED) is 0.692. The molecule has 16 heavy (non-hydrogen) atoms. The molecule has 0 N–H and O–H groups in total. The van der Waals surface area contributed by atoms with Crippen LogP contribution in [0.25, 0.3) is 0 Å². The Morgan fingerprint density at radius 1 is 1.00 bits per heavy atom. The molecule has 1 fully saturated rings. The second-order valence-corrected chi connectivity index (χ2v) is 6.78. The van der Waals surface area contributed by atoms with Gasteiger partial charge in [-0.2, -0.15) is 0 Å². The summed E-state index contributed by atoms with van der Waals surface area (Å²) in [6, 6.07) is 0. The first-order chi connectivity index (χ1) is 7.11. The number of nitrogens with zero attached hydrogens (tertiary/aromatic N) is 1. The predicted octanol–water partition coefficient (Wildman–Crippen LogP) is 2.60. The highest BCUT2D eigenvalue weighted by Gasteiger charge is 2.35. The maximum absolute atomic E-state index is 11.5. The van der Waals surface area contributed by atoms with E-state index in [4.69, 9.17) is 0 Å². The van der Waals surface area contributed by atoms with Crippen LogP contribution in [-0.4, -0.2) is 23.3 Å². The highest BCUT2D eigenvalue weighted by Crippen LogP contribution is 2.34. The fourth-order valence-corrected chi connectivity index (χ4v) is 2.72. The van der Waals surface area contributed by atoms with Crippen LogP contribution in [0.4, 0.5) is 0 Å². The molecule has 3 heteroatoms. The van der Waals surface area contributed by atoms with Gasteiger partial charge >= 0.3 is 0 Å². The first-order valence-electron chi connectivity index (χ1n) is 5.94. The van der Waals surface area contributed by atoms with Crippen molar-refractivity contribution in [2.45, 2.75) is 53.9 Å². The molecule has 0 spiro atoms. The Bertz CT molecular complexity index is 284. The molecule has 2 amide bonds. The van der Waals surface area contributed by atoms with Crippen molar-refractivity contribution in [1.82, 2.24) is 4.90 Å². The Morgan fingerprint density at radius 3 is 1.81 bits per heavy atom. The standard InChI is InChI=1S/C13H23NO2/c1-12(2,3)8-13(4,5)9-14-10(15)6-7-11(14)16/h6-9H2,1-5H3. The summed E-state index contributed by atoms with van der Waals surface area (Å²) in [7, 11) is 0. The zero-order valence-electron chi connectivity index (χ0n) is 11.1. The third-order valence-electron chi connectivity index (χ3n) is 2.75. The van der Waals surface area contributed by atoms with Gasteiger partial charge in [0, 0.05) is 19.4 Å². The summed E-state index contributed by atoms with van der Waals surface area (Å²) in [5, 5.41) is 0. The molecule has 0 aromatic carbocycles. The maximum atomic E-state index is 11.5. The van der Waals surface area contributed by atoms with Gasteiger partial charge in [0.05, 0.1) is 0 Å². The molecule has 0 atom stereocenters. The number of carbonyl (C=O) groups is 2. The second kappa shape index (κ2) is 4.19. The molecule has 1 aliphatic heterocycles. The number of rotatable bonds is 3. The van der Waals surface area contributed by atoms with Gasteiger partial charge in [0.1, 0.15) is 0 Å². The molecule has 0 saturated carbocycles. The van der Waals surface area contributed by atoms with Gasteiger partial charge in [0.2, 0.25) is 11.8 Å². The summed E-state index contributed by atoms with van der Waals surface area (Å²) in [5.41, 5.74) is 0.212. The molecule has 0 aromatic rings. The summed E-state index contributed by atoms with van der Waals surface area (Å²) in [5.74, 6) is -0.0148. The molecule has 1 heterocycles. The lowest BCUT2D eigenvalue weighted by Crippen LogP contribution is -2.39. The average Bonchev–Trinajstić information content (AvgIpc) is 2.30.